The molecule has 3 aromatic carbocycles. The number of carbonyl (C=O) groups is 1. The minimum Gasteiger partial charge on any atom is -0.493 e. The molecular formula is C27H25N4O4S+. The van der Waals surface area contributed by atoms with Crippen molar-refractivity contribution in [1.82, 2.24) is 10.1 Å². The van der Waals surface area contributed by atoms with E-state index < -0.39 is 6.17 Å². The number of para-hydroxylation sites is 1. The lowest BCUT2D eigenvalue weighted by Crippen LogP contribution is -2.60. The van der Waals surface area contributed by atoms with Crippen molar-refractivity contribution in [3.63, 3.8) is 0 Å². The molecule has 9 heteroatoms. The Labute approximate surface area is 212 Å². The molecule has 0 bridgehead atoms. The maximum Gasteiger partial charge on any atom is 0.325 e. The predicted octanol–water partition coefficient (Wildman–Crippen LogP) is 3.95. The van der Waals surface area contributed by atoms with Gasteiger partial charge in [0.1, 0.15) is 6.61 Å². The zero-order valence-electron chi connectivity index (χ0n) is 20.1. The number of methoxy groups -OCH3 is 1. The molecule has 0 spiro atoms. The molecule has 1 atom stereocenters. The summed E-state index contributed by atoms with van der Waals surface area (Å²) in [5.41, 5.74) is 3.15. The Morgan fingerprint density at radius 3 is 2.56 bits per heavy atom. The van der Waals surface area contributed by atoms with Crippen LogP contribution in [0.1, 0.15) is 24.2 Å². The number of aromatic amines is 1. The van der Waals surface area contributed by atoms with Crippen LogP contribution in [0.3, 0.4) is 0 Å². The predicted molar refractivity (Wildman–Crippen MR) is 137 cm³/mol. The van der Waals surface area contributed by atoms with Crippen LogP contribution < -0.4 is 24.6 Å². The van der Waals surface area contributed by atoms with Crippen molar-refractivity contribution in [3.8, 4) is 22.8 Å². The third-order valence-corrected chi connectivity index (χ3v) is 6.58. The van der Waals surface area contributed by atoms with Crippen molar-refractivity contribution in [1.29, 1.82) is 0 Å². The van der Waals surface area contributed by atoms with Crippen molar-refractivity contribution in [2.75, 3.05) is 18.3 Å². The number of benzene rings is 3. The van der Waals surface area contributed by atoms with E-state index in [2.05, 4.69) is 4.98 Å². The van der Waals surface area contributed by atoms with Gasteiger partial charge in [0.25, 0.3) is 6.17 Å². The Morgan fingerprint density at radius 1 is 1.08 bits per heavy atom. The van der Waals surface area contributed by atoms with Crippen LogP contribution in [-0.2, 0) is 11.4 Å². The van der Waals surface area contributed by atoms with Crippen LogP contribution in [0.4, 0.5) is 5.69 Å². The second-order valence-electron chi connectivity index (χ2n) is 8.22. The molecule has 1 N–H and O–H groups in total. The molecule has 0 saturated heterocycles. The molecule has 5 rings (SSSR count). The third-order valence-electron chi connectivity index (χ3n) is 6.01. The third kappa shape index (κ3) is 4.22. The summed E-state index contributed by atoms with van der Waals surface area (Å²) in [6, 6.07) is 22.7. The number of nitrogens with zero attached hydrogens (tertiary/aromatic N) is 3. The lowest BCUT2D eigenvalue weighted by atomic mass is 10.0. The summed E-state index contributed by atoms with van der Waals surface area (Å²) in [5.74, 6) is 0.911. The first kappa shape index (κ1) is 23.6. The number of rotatable bonds is 6. The van der Waals surface area contributed by atoms with E-state index in [1.54, 1.807) is 16.7 Å². The van der Waals surface area contributed by atoms with E-state index in [9.17, 15) is 9.59 Å². The fourth-order valence-corrected chi connectivity index (χ4v) is 4.77. The number of aromatic nitrogens is 3. The summed E-state index contributed by atoms with van der Waals surface area (Å²) in [7, 11) is 1.57. The average molecular weight is 502 g/mol. The number of H-pyrrole nitrogens is 1. The normalized spacial score (nSPS) is 14.1. The Bertz CT molecular complexity index is 1490. The fourth-order valence-electron chi connectivity index (χ4n) is 4.40. The van der Waals surface area contributed by atoms with Crippen LogP contribution in [0.25, 0.3) is 11.3 Å². The number of hydrogen-bond acceptors (Lipinski definition) is 6. The molecule has 0 saturated carbocycles. The zero-order chi connectivity index (χ0) is 25.2. The molecule has 8 nitrogen and oxygen atoms in total. The Hall–Kier alpha value is -4.11. The van der Waals surface area contributed by atoms with Crippen LogP contribution in [0.15, 0.2) is 82.7 Å². The number of ether oxygens (including phenoxy) is 2. The molecule has 1 unspecified atom stereocenters. The monoisotopic (exact) mass is 501 g/mol. The molecule has 0 fully saturated rings. The lowest BCUT2D eigenvalue weighted by molar-refractivity contribution is -0.763. The molecule has 1 aliphatic heterocycles. The van der Waals surface area contributed by atoms with Crippen molar-refractivity contribution >= 4 is 23.4 Å². The highest BCUT2D eigenvalue weighted by Gasteiger charge is 2.45. The molecule has 1 aromatic heterocycles. The SMILES string of the molecule is COc1cc(C2N(C(C)=O)c3ccccc3-c3c(=O)[nH]c(SC)n[n+]32)ccc1OCc1ccccc1. The van der Waals surface area contributed by atoms with Crippen LogP contribution in [0.2, 0.25) is 0 Å². The molecule has 182 valence electrons. The van der Waals surface area contributed by atoms with Crippen LogP contribution in [0, 0.1) is 0 Å². The summed E-state index contributed by atoms with van der Waals surface area (Å²) >= 11 is 1.32. The second-order valence-corrected chi connectivity index (χ2v) is 9.02. The maximum absolute atomic E-state index is 13.2. The van der Waals surface area contributed by atoms with E-state index >= 15 is 0 Å². The first-order valence-corrected chi connectivity index (χ1v) is 12.6. The van der Waals surface area contributed by atoms with Gasteiger partial charge in [0.2, 0.25) is 11.1 Å². The summed E-state index contributed by atoms with van der Waals surface area (Å²) in [4.78, 5) is 30.7. The van der Waals surface area contributed by atoms with Crippen LogP contribution in [-0.4, -0.2) is 29.4 Å². The molecule has 1 amide bonds. The van der Waals surface area contributed by atoms with Gasteiger partial charge in [0, 0.05) is 17.6 Å². The van der Waals surface area contributed by atoms with E-state index in [1.165, 1.54) is 18.7 Å². The quantitative estimate of drug-likeness (QED) is 0.318. The summed E-state index contributed by atoms with van der Waals surface area (Å²) in [5, 5.41) is 5.14. The van der Waals surface area contributed by atoms with Gasteiger partial charge in [0.05, 0.1) is 18.4 Å². The number of fused-ring (bicyclic) bond motifs is 3. The summed E-state index contributed by atoms with van der Waals surface area (Å²) in [6.45, 7) is 1.89. The highest BCUT2D eigenvalue weighted by atomic mass is 32.2. The maximum atomic E-state index is 13.2. The van der Waals surface area contributed by atoms with E-state index in [1.807, 2.05) is 79.1 Å². The van der Waals surface area contributed by atoms with Crippen molar-refractivity contribution in [3.05, 3.63) is 94.3 Å². The summed E-state index contributed by atoms with van der Waals surface area (Å²) in [6.07, 6.45) is 1.14. The Morgan fingerprint density at radius 2 is 1.83 bits per heavy atom. The van der Waals surface area contributed by atoms with Crippen LogP contribution >= 0.6 is 11.8 Å². The van der Waals surface area contributed by atoms with Gasteiger partial charge in [-0.25, -0.2) is 4.90 Å². The zero-order valence-corrected chi connectivity index (χ0v) is 20.9. The highest BCUT2D eigenvalue weighted by Crippen LogP contribution is 2.39. The topological polar surface area (TPSA) is 88.4 Å². The summed E-state index contributed by atoms with van der Waals surface area (Å²) < 4.78 is 13.3. The number of anilines is 1. The fraction of sp³-hybridized carbons (Fsp3) is 0.185. The van der Waals surface area contributed by atoms with Gasteiger partial charge < -0.3 is 9.47 Å². The van der Waals surface area contributed by atoms with Gasteiger partial charge >= 0.3 is 11.3 Å². The van der Waals surface area contributed by atoms with Gasteiger partial charge in [-0.05, 0) is 46.8 Å². The molecule has 4 aromatic rings. The highest BCUT2D eigenvalue weighted by molar-refractivity contribution is 7.98. The van der Waals surface area contributed by atoms with Gasteiger partial charge in [0.15, 0.2) is 11.5 Å². The van der Waals surface area contributed by atoms with Gasteiger partial charge in [-0.3, -0.25) is 14.6 Å². The van der Waals surface area contributed by atoms with E-state index in [-0.39, 0.29) is 11.5 Å². The smallest absolute Gasteiger partial charge is 0.325 e. The Kier molecular flexibility index (Phi) is 6.47. The van der Waals surface area contributed by atoms with Gasteiger partial charge in [-0.2, -0.15) is 0 Å². The van der Waals surface area contributed by atoms with E-state index in [0.29, 0.717) is 40.2 Å². The van der Waals surface area contributed by atoms with E-state index in [4.69, 9.17) is 14.6 Å². The number of nitrogens with one attached hydrogen (secondary N) is 1. The minimum atomic E-state index is -0.697. The first-order valence-electron chi connectivity index (χ1n) is 11.4. The standard InChI is InChI=1S/C27H24N4O4S/c1-17(32)30-21-12-8-7-11-20(21)24-25(33)28-27(36-3)29-31(24)26(30)19-13-14-22(23(15-19)34-2)35-16-18-9-5-4-6-10-18/h4-15,26H,16H2,1-3H3/p+1. The van der Waals surface area contributed by atoms with Gasteiger partial charge in [-0.15, -0.1) is 0 Å². The minimum absolute atomic E-state index is 0.179. The lowest BCUT2D eigenvalue weighted by Gasteiger charge is -2.31. The second kappa shape index (κ2) is 9.87. The number of amides is 1. The largest absolute Gasteiger partial charge is 0.493 e. The molecule has 0 aliphatic carbocycles. The van der Waals surface area contributed by atoms with Crippen molar-refractivity contribution in [2.45, 2.75) is 24.9 Å². The number of carbonyl (C=O) groups excluding carboxylic acids is 1. The van der Waals surface area contributed by atoms with E-state index in [0.717, 1.165) is 11.1 Å². The molecule has 2 heterocycles. The molecule has 0 radical (unpaired) electrons. The molecule has 1 aliphatic rings. The number of hydrogen-bond donors (Lipinski definition) is 1. The Balaban J connectivity index is 1.64. The van der Waals surface area contributed by atoms with Gasteiger partial charge in [-0.1, -0.05) is 54.2 Å². The van der Waals surface area contributed by atoms with Crippen molar-refractivity contribution < 1.29 is 19.0 Å². The molecule has 36 heavy (non-hydrogen) atoms. The molecular weight excluding hydrogens is 476 g/mol. The average Bonchev–Trinajstić information content (AvgIpc) is 2.91. The van der Waals surface area contributed by atoms with Crippen molar-refractivity contribution in [2.24, 2.45) is 0 Å². The number of thioether (sulfide) groups is 1. The first-order chi connectivity index (χ1) is 17.5. The van der Waals surface area contributed by atoms with Crippen LogP contribution in [0.5, 0.6) is 11.5 Å².